The van der Waals surface area contributed by atoms with Gasteiger partial charge in [0.2, 0.25) is 15.9 Å². The molecule has 0 aromatic heterocycles. The Morgan fingerprint density at radius 3 is 2.43 bits per heavy atom. The van der Waals surface area contributed by atoms with E-state index >= 15 is 0 Å². The summed E-state index contributed by atoms with van der Waals surface area (Å²) in [5, 5.41) is 0.565. The quantitative estimate of drug-likeness (QED) is 0.705. The Labute approximate surface area is 182 Å². The van der Waals surface area contributed by atoms with Crippen LogP contribution in [0.3, 0.4) is 0 Å². The van der Waals surface area contributed by atoms with E-state index in [1.807, 2.05) is 35.2 Å². The molecule has 0 radical (unpaired) electrons. The van der Waals surface area contributed by atoms with E-state index in [1.165, 1.54) is 4.31 Å². The third-order valence-electron chi connectivity index (χ3n) is 5.84. The highest BCUT2D eigenvalue weighted by molar-refractivity contribution is 7.88. The van der Waals surface area contributed by atoms with E-state index in [1.54, 1.807) is 24.3 Å². The number of hydrogen-bond donors (Lipinski definition) is 0. The lowest BCUT2D eigenvalue weighted by Gasteiger charge is -2.40. The van der Waals surface area contributed by atoms with Crippen molar-refractivity contribution in [3.05, 3.63) is 70.7 Å². The van der Waals surface area contributed by atoms with Gasteiger partial charge in [-0.3, -0.25) is 4.79 Å². The fraction of sp³-hybridized carbons (Fsp3) is 0.409. The second kappa shape index (κ2) is 8.67. The number of carbonyl (C=O) groups is 1. The first-order valence-electron chi connectivity index (χ1n) is 10.0. The second-order valence-electron chi connectivity index (χ2n) is 7.96. The lowest BCUT2D eigenvalue weighted by Crippen LogP contribution is -2.56. The van der Waals surface area contributed by atoms with Crippen molar-refractivity contribution in [2.75, 3.05) is 26.3 Å². The van der Waals surface area contributed by atoms with Crippen LogP contribution in [0.1, 0.15) is 24.0 Å². The molecule has 30 heavy (non-hydrogen) atoms. The van der Waals surface area contributed by atoms with Gasteiger partial charge in [-0.05, 0) is 29.7 Å². The van der Waals surface area contributed by atoms with Gasteiger partial charge in [0, 0.05) is 37.7 Å². The number of nitrogens with zero attached hydrogens (tertiary/aromatic N) is 2. The smallest absolute Gasteiger partial charge is 0.224 e. The van der Waals surface area contributed by atoms with E-state index in [9.17, 15) is 13.2 Å². The molecule has 2 heterocycles. The van der Waals surface area contributed by atoms with Gasteiger partial charge in [-0.15, -0.1) is 0 Å². The van der Waals surface area contributed by atoms with Gasteiger partial charge in [-0.25, -0.2) is 8.42 Å². The van der Waals surface area contributed by atoms with E-state index in [0.717, 1.165) is 5.56 Å². The molecular weight excluding hydrogens is 424 g/mol. The van der Waals surface area contributed by atoms with E-state index in [4.69, 9.17) is 16.3 Å². The normalized spacial score (nSPS) is 23.1. The Kier molecular flexibility index (Phi) is 6.16. The molecule has 0 bridgehead atoms. The van der Waals surface area contributed by atoms with Gasteiger partial charge in [-0.2, -0.15) is 4.31 Å². The van der Waals surface area contributed by atoms with Gasteiger partial charge >= 0.3 is 0 Å². The molecule has 160 valence electrons. The number of halogens is 1. The maximum absolute atomic E-state index is 13.2. The average Bonchev–Trinajstić information content (AvgIpc) is 3.15. The molecular formula is C22H25ClN2O4S. The molecule has 0 N–H and O–H groups in total. The number of ether oxygens (including phenoxy) is 1. The van der Waals surface area contributed by atoms with Gasteiger partial charge < -0.3 is 9.64 Å². The Balaban J connectivity index is 1.60. The first kappa shape index (κ1) is 21.3. The highest BCUT2D eigenvalue weighted by Gasteiger charge is 2.48. The van der Waals surface area contributed by atoms with Gasteiger partial charge in [0.15, 0.2) is 0 Å². The van der Waals surface area contributed by atoms with Crippen molar-refractivity contribution in [3.63, 3.8) is 0 Å². The SMILES string of the molecule is O=C1CCN(S(=O)(=O)Cc2ccc(Cl)cc2)CC2(CCOC2)N1Cc1ccccc1. The van der Waals surface area contributed by atoms with Gasteiger partial charge in [-0.1, -0.05) is 54.1 Å². The summed E-state index contributed by atoms with van der Waals surface area (Å²) in [6.07, 6.45) is 0.785. The molecule has 2 fully saturated rings. The zero-order chi connectivity index (χ0) is 21.2. The van der Waals surface area contributed by atoms with Crippen LogP contribution in [-0.2, 0) is 31.9 Å². The molecule has 8 heteroatoms. The fourth-order valence-electron chi connectivity index (χ4n) is 4.19. The third kappa shape index (κ3) is 4.54. The summed E-state index contributed by atoms with van der Waals surface area (Å²) in [6.45, 7) is 1.75. The summed E-state index contributed by atoms with van der Waals surface area (Å²) in [4.78, 5) is 14.9. The zero-order valence-corrected chi connectivity index (χ0v) is 18.2. The highest BCUT2D eigenvalue weighted by Crippen LogP contribution is 2.33. The van der Waals surface area contributed by atoms with Crippen molar-refractivity contribution in [2.45, 2.75) is 30.7 Å². The minimum atomic E-state index is -3.60. The van der Waals surface area contributed by atoms with E-state index in [0.29, 0.717) is 36.8 Å². The van der Waals surface area contributed by atoms with Crippen LogP contribution < -0.4 is 0 Å². The Morgan fingerprint density at radius 2 is 1.77 bits per heavy atom. The second-order valence-corrected chi connectivity index (χ2v) is 10.4. The van der Waals surface area contributed by atoms with Crippen molar-refractivity contribution < 1.29 is 17.9 Å². The maximum atomic E-state index is 13.2. The minimum Gasteiger partial charge on any atom is -0.379 e. The van der Waals surface area contributed by atoms with Crippen LogP contribution in [0.25, 0.3) is 0 Å². The van der Waals surface area contributed by atoms with Crippen LogP contribution in [0.4, 0.5) is 0 Å². The maximum Gasteiger partial charge on any atom is 0.224 e. The monoisotopic (exact) mass is 448 g/mol. The number of sulfonamides is 1. The van der Waals surface area contributed by atoms with Crippen LogP contribution in [0.5, 0.6) is 0 Å². The van der Waals surface area contributed by atoms with Crippen LogP contribution in [0.2, 0.25) is 5.02 Å². The van der Waals surface area contributed by atoms with Crippen molar-refractivity contribution in [3.8, 4) is 0 Å². The minimum absolute atomic E-state index is 0.0338. The standard InChI is InChI=1S/C22H25ClN2O4S/c23-20-8-6-19(7-9-20)15-30(27,28)24-12-10-21(26)25(14-18-4-2-1-3-5-18)22(16-24)11-13-29-17-22/h1-9H,10-17H2. The summed E-state index contributed by atoms with van der Waals surface area (Å²) in [6, 6.07) is 16.6. The van der Waals surface area contributed by atoms with Gasteiger partial charge in [0.1, 0.15) is 0 Å². The van der Waals surface area contributed by atoms with E-state index < -0.39 is 15.6 Å². The predicted molar refractivity (Wildman–Crippen MR) is 115 cm³/mol. The molecule has 1 atom stereocenters. The molecule has 2 aliphatic rings. The van der Waals surface area contributed by atoms with Crippen molar-refractivity contribution in [2.24, 2.45) is 0 Å². The summed E-state index contributed by atoms with van der Waals surface area (Å²) in [7, 11) is -3.60. The Bertz CT molecular complexity index is 990. The average molecular weight is 449 g/mol. The number of rotatable bonds is 5. The highest BCUT2D eigenvalue weighted by atomic mass is 35.5. The molecule has 4 rings (SSSR count). The van der Waals surface area contributed by atoms with Crippen LogP contribution in [-0.4, -0.2) is 55.4 Å². The molecule has 6 nitrogen and oxygen atoms in total. The molecule has 2 aromatic carbocycles. The predicted octanol–water partition coefficient (Wildman–Crippen LogP) is 3.06. The molecule has 1 unspecified atom stereocenters. The molecule has 2 saturated heterocycles. The van der Waals surface area contributed by atoms with E-state index in [-0.39, 0.29) is 31.2 Å². The molecule has 2 aliphatic heterocycles. The van der Waals surface area contributed by atoms with Crippen LogP contribution >= 0.6 is 11.6 Å². The molecule has 1 spiro atoms. The summed E-state index contributed by atoms with van der Waals surface area (Å²) >= 11 is 5.92. The fourth-order valence-corrected chi connectivity index (χ4v) is 5.92. The van der Waals surface area contributed by atoms with Crippen molar-refractivity contribution in [1.29, 1.82) is 0 Å². The summed E-state index contributed by atoms with van der Waals surface area (Å²) in [5.41, 5.74) is 1.05. The van der Waals surface area contributed by atoms with Crippen molar-refractivity contribution >= 4 is 27.5 Å². The number of amides is 1. The molecule has 0 aliphatic carbocycles. The van der Waals surface area contributed by atoms with Crippen LogP contribution in [0, 0.1) is 0 Å². The van der Waals surface area contributed by atoms with Gasteiger partial charge in [0.25, 0.3) is 0 Å². The molecule has 2 aromatic rings. The Morgan fingerprint density at radius 1 is 1.03 bits per heavy atom. The number of hydrogen-bond acceptors (Lipinski definition) is 4. The van der Waals surface area contributed by atoms with Gasteiger partial charge in [0.05, 0.1) is 17.9 Å². The van der Waals surface area contributed by atoms with Crippen LogP contribution in [0.15, 0.2) is 54.6 Å². The number of benzene rings is 2. The summed E-state index contributed by atoms with van der Waals surface area (Å²) in [5.74, 6) is -0.151. The zero-order valence-electron chi connectivity index (χ0n) is 16.7. The topological polar surface area (TPSA) is 66.9 Å². The molecule has 1 amide bonds. The summed E-state index contributed by atoms with van der Waals surface area (Å²) < 4.78 is 33.6. The first-order valence-corrected chi connectivity index (χ1v) is 12.0. The first-order chi connectivity index (χ1) is 14.4. The largest absolute Gasteiger partial charge is 0.379 e. The van der Waals surface area contributed by atoms with E-state index in [2.05, 4.69) is 0 Å². The third-order valence-corrected chi connectivity index (χ3v) is 7.89. The molecule has 0 saturated carbocycles. The lowest BCUT2D eigenvalue weighted by atomic mass is 9.95. The Hall–Kier alpha value is -1.93. The lowest BCUT2D eigenvalue weighted by molar-refractivity contribution is -0.137. The number of carbonyl (C=O) groups excluding carboxylic acids is 1. The van der Waals surface area contributed by atoms with Crippen molar-refractivity contribution in [1.82, 2.24) is 9.21 Å².